The molecule has 1 aliphatic heterocycles. The maximum absolute atomic E-state index is 11.4. The van der Waals surface area contributed by atoms with Gasteiger partial charge in [-0.05, 0) is 32.1 Å². The van der Waals surface area contributed by atoms with E-state index in [4.69, 9.17) is 0 Å². The van der Waals surface area contributed by atoms with E-state index >= 15 is 0 Å². The highest BCUT2D eigenvalue weighted by molar-refractivity contribution is 5.93. The lowest BCUT2D eigenvalue weighted by Gasteiger charge is -2.14. The summed E-state index contributed by atoms with van der Waals surface area (Å²) in [5.41, 5.74) is -1.11. The zero-order valence-electron chi connectivity index (χ0n) is 11.7. The number of rotatable bonds is 5. The first-order chi connectivity index (χ1) is 8.94. The average Bonchev–Trinajstić information content (AvgIpc) is 2.78. The van der Waals surface area contributed by atoms with Crippen molar-refractivity contribution >= 4 is 11.8 Å². The molecule has 1 atom stereocenters. The average molecular weight is 266 g/mol. The molecule has 1 saturated heterocycles. The summed E-state index contributed by atoms with van der Waals surface area (Å²) >= 11 is 0. The predicted molar refractivity (Wildman–Crippen MR) is 72.1 cm³/mol. The van der Waals surface area contributed by atoms with Crippen molar-refractivity contribution in [1.29, 1.82) is 0 Å². The molecular formula is C14H22N2O3. The van der Waals surface area contributed by atoms with Gasteiger partial charge in [0.2, 0.25) is 5.91 Å². The highest BCUT2D eigenvalue weighted by Gasteiger charge is 2.19. The molecule has 5 heteroatoms. The summed E-state index contributed by atoms with van der Waals surface area (Å²) in [6, 6.07) is 0. The molecule has 1 unspecified atom stereocenters. The lowest BCUT2D eigenvalue weighted by molar-refractivity contribution is -0.127. The third-order valence-corrected chi connectivity index (χ3v) is 3.20. The molecule has 1 aliphatic rings. The maximum Gasteiger partial charge on any atom is 0.295 e. The van der Waals surface area contributed by atoms with E-state index in [9.17, 15) is 14.7 Å². The van der Waals surface area contributed by atoms with Crippen molar-refractivity contribution in [1.82, 2.24) is 10.2 Å². The monoisotopic (exact) mass is 266 g/mol. The SMILES string of the molecule is CCC(C)(O)C#CC(=O)NCCCN1CCCC1=O. The highest BCUT2D eigenvalue weighted by Crippen LogP contribution is 2.09. The molecule has 0 spiro atoms. The second-order valence-corrected chi connectivity index (χ2v) is 4.97. The Labute approximate surface area is 114 Å². The first-order valence-corrected chi connectivity index (χ1v) is 6.76. The van der Waals surface area contributed by atoms with E-state index in [1.54, 1.807) is 13.8 Å². The Morgan fingerprint density at radius 2 is 2.32 bits per heavy atom. The molecule has 5 nitrogen and oxygen atoms in total. The van der Waals surface area contributed by atoms with Crippen LogP contribution >= 0.6 is 0 Å². The van der Waals surface area contributed by atoms with Crippen molar-refractivity contribution < 1.29 is 14.7 Å². The fraction of sp³-hybridized carbons (Fsp3) is 0.714. The molecule has 0 bridgehead atoms. The number of hydrogen-bond donors (Lipinski definition) is 2. The van der Waals surface area contributed by atoms with Gasteiger partial charge in [-0.1, -0.05) is 12.8 Å². The van der Waals surface area contributed by atoms with Gasteiger partial charge in [-0.3, -0.25) is 9.59 Å². The molecule has 0 aromatic rings. The second-order valence-electron chi connectivity index (χ2n) is 4.97. The maximum atomic E-state index is 11.4. The minimum absolute atomic E-state index is 0.199. The first kappa shape index (κ1) is 15.5. The standard InChI is InChI=1S/C14H22N2O3/c1-3-14(2,19)8-7-12(17)15-9-5-11-16-10-4-6-13(16)18/h19H,3-6,9-11H2,1-2H3,(H,15,17). The molecule has 106 valence electrons. The van der Waals surface area contributed by atoms with E-state index < -0.39 is 5.60 Å². The number of carbonyl (C=O) groups excluding carboxylic acids is 2. The van der Waals surface area contributed by atoms with Crippen molar-refractivity contribution in [3.63, 3.8) is 0 Å². The van der Waals surface area contributed by atoms with Crippen LogP contribution in [-0.4, -0.2) is 47.1 Å². The van der Waals surface area contributed by atoms with Crippen molar-refractivity contribution in [3.05, 3.63) is 0 Å². The van der Waals surface area contributed by atoms with Crippen LogP contribution in [0.15, 0.2) is 0 Å². The van der Waals surface area contributed by atoms with Gasteiger partial charge in [0.1, 0.15) is 5.60 Å². The summed E-state index contributed by atoms with van der Waals surface area (Å²) in [6.45, 7) is 5.38. The molecule has 0 aliphatic carbocycles. The van der Waals surface area contributed by atoms with E-state index in [1.807, 2.05) is 4.90 Å². The topological polar surface area (TPSA) is 69.6 Å². The lowest BCUT2D eigenvalue weighted by Crippen LogP contribution is -2.30. The molecule has 0 radical (unpaired) electrons. The third kappa shape index (κ3) is 5.75. The van der Waals surface area contributed by atoms with E-state index in [1.165, 1.54) is 0 Å². The molecular weight excluding hydrogens is 244 g/mol. The molecule has 0 aromatic carbocycles. The summed E-state index contributed by atoms with van der Waals surface area (Å²) in [4.78, 5) is 24.5. The van der Waals surface area contributed by atoms with E-state index in [2.05, 4.69) is 17.2 Å². The molecule has 19 heavy (non-hydrogen) atoms. The van der Waals surface area contributed by atoms with Crippen LogP contribution in [0.3, 0.4) is 0 Å². The van der Waals surface area contributed by atoms with Crippen LogP contribution in [0.1, 0.15) is 39.5 Å². The van der Waals surface area contributed by atoms with Crippen molar-refractivity contribution in [2.75, 3.05) is 19.6 Å². The van der Waals surface area contributed by atoms with Crippen molar-refractivity contribution in [2.45, 2.75) is 45.1 Å². The number of aliphatic hydroxyl groups is 1. The Kier molecular flexibility index (Phi) is 5.84. The Balaban J connectivity index is 2.19. The Morgan fingerprint density at radius 3 is 2.89 bits per heavy atom. The molecule has 0 aromatic heterocycles. The van der Waals surface area contributed by atoms with Crippen LogP contribution in [-0.2, 0) is 9.59 Å². The number of nitrogens with one attached hydrogen (secondary N) is 1. The largest absolute Gasteiger partial charge is 0.378 e. The third-order valence-electron chi connectivity index (χ3n) is 3.20. The minimum atomic E-state index is -1.11. The smallest absolute Gasteiger partial charge is 0.295 e. The molecule has 1 heterocycles. The van der Waals surface area contributed by atoms with Gasteiger partial charge in [0.25, 0.3) is 5.91 Å². The first-order valence-electron chi connectivity index (χ1n) is 6.76. The predicted octanol–water partition coefficient (Wildman–Crippen LogP) is 0.280. The van der Waals surface area contributed by atoms with Gasteiger partial charge in [0, 0.05) is 26.1 Å². The fourth-order valence-electron chi connectivity index (χ4n) is 1.74. The summed E-state index contributed by atoms with van der Waals surface area (Å²) in [6.07, 6.45) is 2.78. The fourth-order valence-corrected chi connectivity index (χ4v) is 1.74. The molecule has 2 N–H and O–H groups in total. The summed E-state index contributed by atoms with van der Waals surface area (Å²) in [7, 11) is 0. The van der Waals surface area contributed by atoms with Crippen LogP contribution in [0.4, 0.5) is 0 Å². The Bertz CT molecular complexity index is 393. The number of amides is 2. The van der Waals surface area contributed by atoms with Gasteiger partial charge >= 0.3 is 0 Å². The number of carbonyl (C=O) groups is 2. The molecule has 1 rings (SSSR count). The molecule has 0 saturated carbocycles. The van der Waals surface area contributed by atoms with Crippen LogP contribution in [0, 0.1) is 11.8 Å². The van der Waals surface area contributed by atoms with E-state index in [0.29, 0.717) is 25.9 Å². The quantitative estimate of drug-likeness (QED) is 0.555. The number of nitrogens with zero attached hydrogens (tertiary/aromatic N) is 1. The highest BCUT2D eigenvalue weighted by atomic mass is 16.3. The Hall–Kier alpha value is -1.54. The van der Waals surface area contributed by atoms with Crippen LogP contribution in [0.5, 0.6) is 0 Å². The molecule has 1 fully saturated rings. The van der Waals surface area contributed by atoms with Crippen LogP contribution in [0.2, 0.25) is 0 Å². The normalized spacial score (nSPS) is 17.6. The van der Waals surface area contributed by atoms with Gasteiger partial charge in [-0.25, -0.2) is 0 Å². The van der Waals surface area contributed by atoms with Crippen LogP contribution in [0.25, 0.3) is 0 Å². The van der Waals surface area contributed by atoms with Gasteiger partial charge in [-0.15, -0.1) is 0 Å². The van der Waals surface area contributed by atoms with Crippen molar-refractivity contribution in [3.8, 4) is 11.8 Å². The summed E-state index contributed by atoms with van der Waals surface area (Å²) in [5, 5.41) is 12.3. The van der Waals surface area contributed by atoms with Crippen molar-refractivity contribution in [2.24, 2.45) is 0 Å². The van der Waals surface area contributed by atoms with Gasteiger partial charge in [0.05, 0.1) is 0 Å². The minimum Gasteiger partial charge on any atom is -0.378 e. The summed E-state index contributed by atoms with van der Waals surface area (Å²) in [5.74, 6) is 4.72. The van der Waals surface area contributed by atoms with Gasteiger partial charge in [0.15, 0.2) is 0 Å². The number of likely N-dealkylation sites (tertiary alicyclic amines) is 1. The van der Waals surface area contributed by atoms with Crippen LogP contribution < -0.4 is 5.32 Å². The van der Waals surface area contributed by atoms with E-state index in [-0.39, 0.29) is 11.8 Å². The lowest BCUT2D eigenvalue weighted by atomic mass is 10.1. The van der Waals surface area contributed by atoms with Gasteiger partial charge < -0.3 is 15.3 Å². The van der Waals surface area contributed by atoms with E-state index in [0.717, 1.165) is 19.4 Å². The zero-order valence-corrected chi connectivity index (χ0v) is 11.7. The van der Waals surface area contributed by atoms with Gasteiger partial charge in [-0.2, -0.15) is 0 Å². The summed E-state index contributed by atoms with van der Waals surface area (Å²) < 4.78 is 0. The number of hydrogen-bond acceptors (Lipinski definition) is 3. The second kappa shape index (κ2) is 7.15. The molecule has 2 amide bonds. The zero-order chi connectivity index (χ0) is 14.3. The Morgan fingerprint density at radius 1 is 1.58 bits per heavy atom.